The molecule has 0 saturated heterocycles. The second-order valence-electron chi connectivity index (χ2n) is 3.60. The highest BCUT2D eigenvalue weighted by molar-refractivity contribution is 7.82. The van der Waals surface area contributed by atoms with Crippen molar-refractivity contribution in [3.63, 3.8) is 0 Å². The van der Waals surface area contributed by atoms with Gasteiger partial charge in [0.15, 0.2) is 0 Å². The van der Waals surface area contributed by atoms with E-state index < -0.39 is 0 Å². The number of hydrogen-bond donors (Lipinski definition) is 1. The van der Waals surface area contributed by atoms with E-state index in [-0.39, 0.29) is 0 Å². The summed E-state index contributed by atoms with van der Waals surface area (Å²) in [4.78, 5) is 1.84. The first-order valence-corrected chi connectivity index (χ1v) is 5.60. The number of thiocarbonyl (C=S) groups is 1. The molecule has 1 aliphatic carbocycles. The highest BCUT2D eigenvalue weighted by Gasteiger charge is 2.14. The van der Waals surface area contributed by atoms with E-state index >= 15 is 0 Å². The fraction of sp³-hybridized carbons (Fsp3) is 0. The van der Waals surface area contributed by atoms with Crippen molar-refractivity contribution in [2.45, 2.75) is 4.90 Å². The molecule has 2 aromatic carbocycles. The van der Waals surface area contributed by atoms with Crippen LogP contribution in [0, 0.1) is 0 Å². The van der Waals surface area contributed by atoms with Crippen LogP contribution in [0.25, 0.3) is 16.8 Å². The van der Waals surface area contributed by atoms with Crippen molar-refractivity contribution >= 4 is 46.6 Å². The van der Waals surface area contributed by atoms with Crippen LogP contribution in [0.4, 0.5) is 0 Å². The first-order chi connectivity index (χ1) is 7.27. The zero-order valence-electron chi connectivity index (χ0n) is 7.90. The lowest BCUT2D eigenvalue weighted by atomic mass is 9.93. The highest BCUT2D eigenvalue weighted by atomic mass is 32.1. The summed E-state index contributed by atoms with van der Waals surface area (Å²) in [6, 6.07) is 10.4. The zero-order chi connectivity index (χ0) is 10.4. The maximum atomic E-state index is 5.35. The van der Waals surface area contributed by atoms with Crippen molar-refractivity contribution in [2.24, 2.45) is 0 Å². The van der Waals surface area contributed by atoms with Gasteiger partial charge in [0, 0.05) is 15.3 Å². The van der Waals surface area contributed by atoms with Crippen LogP contribution in [0.5, 0.6) is 0 Å². The van der Waals surface area contributed by atoms with Gasteiger partial charge >= 0.3 is 0 Å². The van der Waals surface area contributed by atoms with E-state index in [1.165, 1.54) is 16.3 Å². The molecule has 0 saturated carbocycles. The first kappa shape index (κ1) is 9.13. The van der Waals surface area contributed by atoms with Crippen LogP contribution in [-0.4, -0.2) is 4.86 Å². The Morgan fingerprint density at radius 1 is 1.00 bits per heavy atom. The molecule has 0 spiro atoms. The minimum absolute atomic E-state index is 0.879. The molecular weight excluding hydrogens is 220 g/mol. The maximum absolute atomic E-state index is 5.35. The van der Waals surface area contributed by atoms with Crippen LogP contribution < -0.4 is 0 Å². The molecule has 2 aromatic rings. The molecule has 1 aliphatic rings. The molecule has 0 heterocycles. The molecule has 0 nitrogen and oxygen atoms in total. The van der Waals surface area contributed by atoms with E-state index in [1.54, 1.807) is 0 Å². The maximum Gasteiger partial charge on any atom is 0.0467 e. The Balaban J connectivity index is 2.60. The van der Waals surface area contributed by atoms with E-state index in [0.717, 1.165) is 15.3 Å². The average Bonchev–Trinajstić information content (AvgIpc) is 2.25. The lowest BCUT2D eigenvalue weighted by Crippen LogP contribution is -2.01. The van der Waals surface area contributed by atoms with Gasteiger partial charge in [0.25, 0.3) is 0 Å². The third kappa shape index (κ3) is 1.25. The third-order valence-corrected chi connectivity index (χ3v) is 3.43. The second-order valence-corrected chi connectivity index (χ2v) is 4.52. The van der Waals surface area contributed by atoms with Crippen LogP contribution in [-0.2, 0) is 0 Å². The van der Waals surface area contributed by atoms with E-state index in [1.807, 2.05) is 12.1 Å². The molecule has 0 N–H and O–H groups in total. The minimum atomic E-state index is 0.879. The van der Waals surface area contributed by atoms with Crippen molar-refractivity contribution in [1.29, 1.82) is 0 Å². The van der Waals surface area contributed by atoms with E-state index in [2.05, 4.69) is 43.0 Å². The molecule has 0 aromatic heterocycles. The normalized spacial score (nSPS) is 13.5. The van der Waals surface area contributed by atoms with E-state index in [9.17, 15) is 0 Å². The Morgan fingerprint density at radius 3 is 2.73 bits per heavy atom. The quantitative estimate of drug-likeness (QED) is 0.527. The van der Waals surface area contributed by atoms with Gasteiger partial charge in [-0.1, -0.05) is 42.6 Å². The predicted octanol–water partition coefficient (Wildman–Crippen LogP) is 3.87. The molecule has 2 heteroatoms. The molecule has 3 rings (SSSR count). The number of rotatable bonds is 0. The van der Waals surface area contributed by atoms with Crippen LogP contribution in [0.2, 0.25) is 0 Å². The number of hydrogen-bond acceptors (Lipinski definition) is 2. The predicted molar refractivity (Wildman–Crippen MR) is 71.9 cm³/mol. The number of thiol groups is 1. The van der Waals surface area contributed by atoms with Gasteiger partial charge in [-0.3, -0.25) is 0 Å². The molecule has 15 heavy (non-hydrogen) atoms. The van der Waals surface area contributed by atoms with Crippen molar-refractivity contribution in [2.75, 3.05) is 0 Å². The largest absolute Gasteiger partial charge is 0.143 e. The summed E-state index contributed by atoms with van der Waals surface area (Å²) in [5.41, 5.74) is 2.33. The molecule has 0 atom stereocenters. The van der Waals surface area contributed by atoms with E-state index in [0.29, 0.717) is 0 Å². The Bertz CT molecular complexity index is 609. The lowest BCUT2D eigenvalue weighted by molar-refractivity contribution is 1.48. The summed E-state index contributed by atoms with van der Waals surface area (Å²) < 4.78 is 0. The lowest BCUT2D eigenvalue weighted by Gasteiger charge is -2.15. The van der Waals surface area contributed by atoms with E-state index in [4.69, 9.17) is 12.2 Å². The number of benzene rings is 2. The molecular formula is C13H8S2. The molecule has 0 aliphatic heterocycles. The summed E-state index contributed by atoms with van der Waals surface area (Å²) in [7, 11) is 0. The van der Waals surface area contributed by atoms with Gasteiger partial charge in [0.05, 0.1) is 0 Å². The summed E-state index contributed by atoms with van der Waals surface area (Å²) in [6.45, 7) is 0. The minimum Gasteiger partial charge on any atom is -0.143 e. The summed E-state index contributed by atoms with van der Waals surface area (Å²) >= 11 is 9.82. The molecule has 0 unspecified atom stereocenters. The van der Waals surface area contributed by atoms with Gasteiger partial charge in [-0.05, 0) is 28.5 Å². The molecule has 0 radical (unpaired) electrons. The van der Waals surface area contributed by atoms with Crippen molar-refractivity contribution in [3.8, 4) is 0 Å². The van der Waals surface area contributed by atoms with Gasteiger partial charge in [0.1, 0.15) is 0 Å². The SMILES string of the molecule is S=C1C=Cc2cccc3ccc(S)c1c23. The molecule has 0 fully saturated rings. The fourth-order valence-corrected chi connectivity index (χ4v) is 2.70. The van der Waals surface area contributed by atoms with Crippen LogP contribution >= 0.6 is 24.8 Å². The third-order valence-electron chi connectivity index (χ3n) is 2.72. The van der Waals surface area contributed by atoms with Gasteiger partial charge in [-0.25, -0.2) is 0 Å². The molecule has 0 amide bonds. The summed E-state index contributed by atoms with van der Waals surface area (Å²) in [5, 5.41) is 2.46. The Hall–Kier alpha value is -1.12. The Morgan fingerprint density at radius 2 is 1.87 bits per heavy atom. The second kappa shape index (κ2) is 3.19. The van der Waals surface area contributed by atoms with Crippen molar-refractivity contribution in [1.82, 2.24) is 0 Å². The average molecular weight is 228 g/mol. The van der Waals surface area contributed by atoms with Gasteiger partial charge in [-0.2, -0.15) is 0 Å². The van der Waals surface area contributed by atoms with Crippen LogP contribution in [0.3, 0.4) is 0 Å². The Kier molecular flexibility index (Phi) is 1.94. The van der Waals surface area contributed by atoms with Crippen molar-refractivity contribution in [3.05, 3.63) is 47.5 Å². The topological polar surface area (TPSA) is 0 Å². The van der Waals surface area contributed by atoms with Crippen LogP contribution in [0.1, 0.15) is 11.1 Å². The Labute approximate surface area is 99.0 Å². The molecule has 72 valence electrons. The smallest absolute Gasteiger partial charge is 0.0467 e. The van der Waals surface area contributed by atoms with Gasteiger partial charge in [0.2, 0.25) is 0 Å². The summed E-state index contributed by atoms with van der Waals surface area (Å²) in [6.07, 6.45) is 4.05. The number of allylic oxidation sites excluding steroid dienone is 1. The standard InChI is InChI=1S/C13H8S2/c14-10-6-4-8-2-1-3-9-5-7-11(15)13(10)12(8)9/h1-7,14H. The van der Waals surface area contributed by atoms with Crippen LogP contribution in [0.15, 0.2) is 41.3 Å². The monoisotopic (exact) mass is 228 g/mol. The van der Waals surface area contributed by atoms with Crippen molar-refractivity contribution < 1.29 is 0 Å². The van der Waals surface area contributed by atoms with Gasteiger partial charge < -0.3 is 0 Å². The molecule has 0 bridgehead atoms. The zero-order valence-corrected chi connectivity index (χ0v) is 9.61. The highest BCUT2D eigenvalue weighted by Crippen LogP contribution is 2.32. The van der Waals surface area contributed by atoms with Gasteiger partial charge in [-0.15, -0.1) is 12.6 Å². The fourth-order valence-electron chi connectivity index (χ4n) is 2.03. The first-order valence-electron chi connectivity index (χ1n) is 4.74. The summed E-state index contributed by atoms with van der Waals surface area (Å²) in [5.74, 6) is 0.